The maximum absolute atomic E-state index is 13.6. The van der Waals surface area contributed by atoms with Gasteiger partial charge in [-0.25, -0.2) is 0 Å². The number of piperidine rings is 1. The van der Waals surface area contributed by atoms with Gasteiger partial charge in [0.15, 0.2) is 11.5 Å². The van der Waals surface area contributed by atoms with Gasteiger partial charge in [0, 0.05) is 29.1 Å². The van der Waals surface area contributed by atoms with Crippen LogP contribution >= 0.6 is 0 Å². The van der Waals surface area contributed by atoms with Crippen molar-refractivity contribution >= 4 is 22.7 Å². The lowest BCUT2D eigenvalue weighted by molar-refractivity contribution is -0.140. The third-order valence-electron chi connectivity index (χ3n) is 7.69. The van der Waals surface area contributed by atoms with Crippen LogP contribution in [-0.2, 0) is 16.0 Å². The van der Waals surface area contributed by atoms with E-state index in [1.165, 1.54) is 0 Å². The summed E-state index contributed by atoms with van der Waals surface area (Å²) in [6.45, 7) is 4.77. The SMILES string of the molecule is CC1Cc2c([nH]c3ccccc23)[C@@H](c2ccc3c(c2)OCO3)NC(=O)CN(CC2CCNCC2)C1=O. The number of hydrogen-bond acceptors (Lipinski definition) is 5. The predicted octanol–water partition coefficient (Wildman–Crippen LogP) is 3.12. The summed E-state index contributed by atoms with van der Waals surface area (Å²) in [5.74, 6) is 1.42. The second-order valence-electron chi connectivity index (χ2n) is 10.2. The molecule has 4 heterocycles. The molecule has 1 aromatic heterocycles. The van der Waals surface area contributed by atoms with Crippen molar-refractivity contribution in [3.05, 3.63) is 59.3 Å². The Balaban J connectivity index is 1.41. The molecule has 0 aliphatic carbocycles. The Kier molecular flexibility index (Phi) is 6.05. The van der Waals surface area contributed by atoms with E-state index in [1.807, 2.05) is 43.3 Å². The number of benzene rings is 2. The second-order valence-corrected chi connectivity index (χ2v) is 10.2. The van der Waals surface area contributed by atoms with Crippen LogP contribution in [0, 0.1) is 11.8 Å². The Morgan fingerprint density at radius 2 is 1.83 bits per heavy atom. The molecule has 3 N–H and O–H groups in total. The van der Waals surface area contributed by atoms with Gasteiger partial charge in [0.05, 0.1) is 12.6 Å². The van der Waals surface area contributed by atoms with Gasteiger partial charge in [0.25, 0.3) is 0 Å². The average Bonchev–Trinajstić information content (AvgIpc) is 3.51. The smallest absolute Gasteiger partial charge is 0.240 e. The predicted molar refractivity (Wildman–Crippen MR) is 136 cm³/mol. The minimum atomic E-state index is -0.407. The highest BCUT2D eigenvalue weighted by molar-refractivity contribution is 5.90. The Morgan fingerprint density at radius 3 is 2.69 bits per heavy atom. The van der Waals surface area contributed by atoms with Gasteiger partial charge in [-0.05, 0) is 67.6 Å². The first-order valence-corrected chi connectivity index (χ1v) is 12.8. The largest absolute Gasteiger partial charge is 0.454 e. The van der Waals surface area contributed by atoms with Gasteiger partial charge in [0.1, 0.15) is 0 Å². The Morgan fingerprint density at radius 1 is 1.03 bits per heavy atom. The summed E-state index contributed by atoms with van der Waals surface area (Å²) >= 11 is 0. The number of hydrogen-bond donors (Lipinski definition) is 3. The Labute approximate surface area is 210 Å². The number of rotatable bonds is 3. The first kappa shape index (κ1) is 22.9. The summed E-state index contributed by atoms with van der Waals surface area (Å²) < 4.78 is 11.1. The van der Waals surface area contributed by atoms with Crippen molar-refractivity contribution in [1.82, 2.24) is 20.5 Å². The number of ether oxygens (including phenoxy) is 2. The number of carbonyl (C=O) groups excluding carboxylic acids is 2. The maximum atomic E-state index is 13.6. The van der Waals surface area contributed by atoms with Gasteiger partial charge in [-0.3, -0.25) is 9.59 Å². The number of aromatic nitrogens is 1. The van der Waals surface area contributed by atoms with Crippen molar-refractivity contribution in [2.24, 2.45) is 11.8 Å². The van der Waals surface area contributed by atoms with Crippen molar-refractivity contribution in [2.45, 2.75) is 32.2 Å². The van der Waals surface area contributed by atoms with E-state index in [0.29, 0.717) is 30.4 Å². The monoisotopic (exact) mass is 488 g/mol. The van der Waals surface area contributed by atoms with Crippen LogP contribution in [-0.4, -0.2) is 54.7 Å². The zero-order chi connectivity index (χ0) is 24.6. The third-order valence-corrected chi connectivity index (χ3v) is 7.69. The molecular weight excluding hydrogens is 456 g/mol. The lowest BCUT2D eigenvalue weighted by Gasteiger charge is -2.33. The molecule has 3 aliphatic heterocycles. The molecule has 3 aliphatic rings. The fourth-order valence-electron chi connectivity index (χ4n) is 5.80. The first-order valence-electron chi connectivity index (χ1n) is 12.8. The van der Waals surface area contributed by atoms with Crippen LogP contribution < -0.4 is 20.1 Å². The highest BCUT2D eigenvalue weighted by Gasteiger charge is 2.32. The van der Waals surface area contributed by atoms with Crippen LogP contribution in [0.1, 0.15) is 42.6 Å². The molecule has 0 radical (unpaired) electrons. The summed E-state index contributed by atoms with van der Waals surface area (Å²) in [6.07, 6.45) is 2.64. The minimum Gasteiger partial charge on any atom is -0.454 e. The van der Waals surface area contributed by atoms with Crippen molar-refractivity contribution < 1.29 is 19.1 Å². The molecule has 1 saturated heterocycles. The van der Waals surface area contributed by atoms with Gasteiger partial charge >= 0.3 is 0 Å². The van der Waals surface area contributed by atoms with Crippen LogP contribution in [0.2, 0.25) is 0 Å². The number of H-pyrrole nitrogens is 1. The van der Waals surface area contributed by atoms with Crippen molar-refractivity contribution in [3.8, 4) is 11.5 Å². The lowest BCUT2D eigenvalue weighted by Crippen LogP contribution is -2.48. The molecule has 1 fully saturated rings. The molecule has 188 valence electrons. The molecule has 36 heavy (non-hydrogen) atoms. The first-order chi connectivity index (χ1) is 17.6. The molecule has 2 amide bonds. The fourth-order valence-corrected chi connectivity index (χ4v) is 5.80. The third kappa shape index (κ3) is 4.30. The number of aromatic amines is 1. The second kappa shape index (κ2) is 9.50. The van der Waals surface area contributed by atoms with Crippen molar-refractivity contribution in [2.75, 3.05) is 33.0 Å². The van der Waals surface area contributed by atoms with Gasteiger partial charge in [-0.2, -0.15) is 0 Å². The molecule has 3 aromatic rings. The molecule has 6 rings (SSSR count). The van der Waals surface area contributed by atoms with E-state index in [4.69, 9.17) is 9.47 Å². The highest BCUT2D eigenvalue weighted by Crippen LogP contribution is 2.38. The van der Waals surface area contributed by atoms with Crippen LogP contribution in [0.25, 0.3) is 10.9 Å². The number of amides is 2. The molecule has 8 heteroatoms. The van der Waals surface area contributed by atoms with E-state index in [1.54, 1.807) is 4.90 Å². The van der Waals surface area contributed by atoms with E-state index < -0.39 is 6.04 Å². The standard InChI is InChI=1S/C28H32N4O4/c1-17-12-21-20-4-2-3-5-22(20)30-27(21)26(19-6-7-23-24(13-19)36-16-35-23)31-25(33)15-32(28(17)34)14-18-8-10-29-11-9-18/h2-7,13,17-18,26,29-30H,8-12,14-16H2,1H3,(H,31,33)/t17?,26-/m1/s1. The van der Waals surface area contributed by atoms with Crippen molar-refractivity contribution in [3.63, 3.8) is 0 Å². The van der Waals surface area contributed by atoms with Gasteiger partial charge < -0.3 is 30.0 Å². The quantitative estimate of drug-likeness (QED) is 0.527. The molecule has 2 aromatic carbocycles. The zero-order valence-electron chi connectivity index (χ0n) is 20.5. The Hall–Kier alpha value is -3.52. The van der Waals surface area contributed by atoms with Gasteiger partial charge in [0.2, 0.25) is 18.6 Å². The molecular formula is C28H32N4O4. The van der Waals surface area contributed by atoms with Crippen LogP contribution in [0.3, 0.4) is 0 Å². The fraction of sp³-hybridized carbons (Fsp3) is 0.429. The number of para-hydroxylation sites is 1. The van der Waals surface area contributed by atoms with Crippen LogP contribution in [0.15, 0.2) is 42.5 Å². The van der Waals surface area contributed by atoms with Gasteiger partial charge in [-0.1, -0.05) is 31.2 Å². The molecule has 0 spiro atoms. The van der Waals surface area contributed by atoms with E-state index in [2.05, 4.69) is 21.7 Å². The zero-order valence-corrected chi connectivity index (χ0v) is 20.5. The van der Waals surface area contributed by atoms with E-state index in [-0.39, 0.29) is 31.1 Å². The maximum Gasteiger partial charge on any atom is 0.240 e. The molecule has 1 unspecified atom stereocenters. The topological polar surface area (TPSA) is 95.7 Å². The van der Waals surface area contributed by atoms with E-state index >= 15 is 0 Å². The summed E-state index contributed by atoms with van der Waals surface area (Å²) in [5.41, 5.74) is 3.88. The van der Waals surface area contributed by atoms with Crippen LogP contribution in [0.4, 0.5) is 0 Å². The molecule has 0 bridgehead atoms. The number of nitrogens with one attached hydrogen (secondary N) is 3. The lowest BCUT2D eigenvalue weighted by atomic mass is 9.91. The van der Waals surface area contributed by atoms with Gasteiger partial charge in [-0.15, -0.1) is 0 Å². The number of carbonyl (C=O) groups is 2. The normalized spacial score (nSPS) is 23.0. The average molecular weight is 489 g/mol. The summed E-state index contributed by atoms with van der Waals surface area (Å²) in [7, 11) is 0. The molecule has 0 saturated carbocycles. The summed E-state index contributed by atoms with van der Waals surface area (Å²) in [6, 6.07) is 13.5. The molecule has 2 atom stereocenters. The van der Waals surface area contributed by atoms with E-state index in [9.17, 15) is 9.59 Å². The van der Waals surface area contributed by atoms with Crippen molar-refractivity contribution in [1.29, 1.82) is 0 Å². The number of fused-ring (bicyclic) bond motifs is 4. The summed E-state index contributed by atoms with van der Waals surface area (Å²) in [4.78, 5) is 32.4. The van der Waals surface area contributed by atoms with E-state index in [0.717, 1.165) is 53.7 Å². The molecule has 8 nitrogen and oxygen atoms in total. The Bertz CT molecular complexity index is 1300. The minimum absolute atomic E-state index is 0.0430. The summed E-state index contributed by atoms with van der Waals surface area (Å²) in [5, 5.41) is 7.70. The van der Waals surface area contributed by atoms with Crippen LogP contribution in [0.5, 0.6) is 11.5 Å². The number of nitrogens with zero attached hydrogens (tertiary/aromatic N) is 1. The highest BCUT2D eigenvalue weighted by atomic mass is 16.7.